The van der Waals surface area contributed by atoms with Gasteiger partial charge < -0.3 is 25.0 Å². The van der Waals surface area contributed by atoms with Gasteiger partial charge >= 0.3 is 0 Å². The van der Waals surface area contributed by atoms with Gasteiger partial charge in [-0.3, -0.25) is 0 Å². The van der Waals surface area contributed by atoms with Gasteiger partial charge in [-0.15, -0.1) is 0 Å². The third kappa shape index (κ3) is 2.50. The van der Waals surface area contributed by atoms with Gasteiger partial charge in [0, 0.05) is 31.3 Å². The third-order valence-corrected chi connectivity index (χ3v) is 4.05. The van der Waals surface area contributed by atoms with Crippen molar-refractivity contribution in [1.82, 2.24) is 4.90 Å². The van der Waals surface area contributed by atoms with Crippen LogP contribution in [0.15, 0.2) is 12.1 Å². The average molecular weight is 277 g/mol. The maximum Gasteiger partial charge on any atom is 0.163 e. The Morgan fingerprint density at radius 1 is 1.15 bits per heavy atom. The van der Waals surface area contributed by atoms with E-state index in [1.165, 1.54) is 0 Å². The predicted molar refractivity (Wildman–Crippen MR) is 80.8 cm³/mol. The summed E-state index contributed by atoms with van der Waals surface area (Å²) in [6.45, 7) is 6.65. The first-order valence-corrected chi connectivity index (χ1v) is 7.29. The third-order valence-electron chi connectivity index (χ3n) is 4.05. The Morgan fingerprint density at radius 3 is 2.60 bits per heavy atom. The standard InChI is InChI=1S/C15H23N3O2/c1-11-10-17(2)4-3-5-18(11)13-9-15-14(8-12(13)16)19-6-7-20-15/h8-9,11H,3-7,10,16H2,1-2H3. The molecule has 0 spiro atoms. The van der Waals surface area contributed by atoms with E-state index < -0.39 is 0 Å². The molecule has 1 saturated heterocycles. The molecule has 2 N–H and O–H groups in total. The first kappa shape index (κ1) is 13.4. The van der Waals surface area contributed by atoms with E-state index in [1.54, 1.807) is 0 Å². The van der Waals surface area contributed by atoms with Gasteiger partial charge in [0.15, 0.2) is 11.5 Å². The molecule has 1 aromatic rings. The van der Waals surface area contributed by atoms with E-state index in [-0.39, 0.29) is 0 Å². The molecule has 2 aliphatic rings. The molecule has 1 fully saturated rings. The number of nitrogen functional groups attached to an aromatic ring is 1. The average Bonchev–Trinajstić information content (AvgIpc) is 2.59. The molecule has 110 valence electrons. The van der Waals surface area contributed by atoms with Crippen LogP contribution in [-0.2, 0) is 0 Å². The van der Waals surface area contributed by atoms with E-state index >= 15 is 0 Å². The molecule has 0 amide bonds. The zero-order chi connectivity index (χ0) is 14.1. The summed E-state index contributed by atoms with van der Waals surface area (Å²) < 4.78 is 11.3. The number of fused-ring (bicyclic) bond motifs is 1. The van der Waals surface area contributed by atoms with Gasteiger partial charge in [0.2, 0.25) is 0 Å². The molecule has 0 bridgehead atoms. The Labute approximate surface area is 120 Å². The smallest absolute Gasteiger partial charge is 0.163 e. The lowest BCUT2D eigenvalue weighted by Crippen LogP contribution is -2.38. The van der Waals surface area contributed by atoms with E-state index in [0.29, 0.717) is 19.3 Å². The quantitative estimate of drug-likeness (QED) is 0.790. The molecule has 0 aliphatic carbocycles. The minimum atomic E-state index is 0.437. The minimum absolute atomic E-state index is 0.437. The Kier molecular flexibility index (Phi) is 3.61. The fourth-order valence-corrected chi connectivity index (χ4v) is 3.07. The summed E-state index contributed by atoms with van der Waals surface area (Å²) in [5, 5.41) is 0. The number of nitrogens with two attached hydrogens (primary N) is 1. The van der Waals surface area contributed by atoms with Crippen LogP contribution < -0.4 is 20.1 Å². The molecule has 0 saturated carbocycles. The van der Waals surface area contributed by atoms with Crippen molar-refractivity contribution in [3.63, 3.8) is 0 Å². The van der Waals surface area contributed by atoms with Crippen molar-refractivity contribution in [2.75, 3.05) is 50.5 Å². The van der Waals surface area contributed by atoms with Crippen LogP contribution in [0.25, 0.3) is 0 Å². The summed E-state index contributed by atoms with van der Waals surface area (Å²) >= 11 is 0. The highest BCUT2D eigenvalue weighted by atomic mass is 16.6. The summed E-state index contributed by atoms with van der Waals surface area (Å²) in [4.78, 5) is 4.76. The number of nitrogens with zero attached hydrogens (tertiary/aromatic N) is 2. The molecule has 1 aromatic carbocycles. The minimum Gasteiger partial charge on any atom is -0.486 e. The molecule has 1 atom stereocenters. The van der Waals surface area contributed by atoms with Crippen molar-refractivity contribution in [3.8, 4) is 11.5 Å². The number of benzene rings is 1. The largest absolute Gasteiger partial charge is 0.486 e. The number of hydrogen-bond acceptors (Lipinski definition) is 5. The van der Waals surface area contributed by atoms with Crippen LogP contribution in [0.4, 0.5) is 11.4 Å². The number of hydrogen-bond donors (Lipinski definition) is 1. The maximum absolute atomic E-state index is 6.23. The summed E-state index contributed by atoms with van der Waals surface area (Å²) in [7, 11) is 2.17. The second-order valence-electron chi connectivity index (χ2n) is 5.71. The van der Waals surface area contributed by atoms with Crippen LogP contribution in [0, 0.1) is 0 Å². The van der Waals surface area contributed by atoms with Gasteiger partial charge in [0.05, 0.1) is 11.4 Å². The maximum atomic E-state index is 6.23. The second kappa shape index (κ2) is 5.40. The van der Waals surface area contributed by atoms with Crippen LogP contribution in [0.2, 0.25) is 0 Å². The van der Waals surface area contributed by atoms with E-state index in [4.69, 9.17) is 15.2 Å². The van der Waals surface area contributed by atoms with E-state index in [1.807, 2.05) is 12.1 Å². The highest BCUT2D eigenvalue weighted by Crippen LogP contribution is 2.39. The second-order valence-corrected chi connectivity index (χ2v) is 5.71. The fourth-order valence-electron chi connectivity index (χ4n) is 3.07. The van der Waals surface area contributed by atoms with Crippen molar-refractivity contribution in [1.29, 1.82) is 0 Å². The van der Waals surface area contributed by atoms with Gasteiger partial charge in [-0.1, -0.05) is 0 Å². The first-order valence-electron chi connectivity index (χ1n) is 7.29. The van der Waals surface area contributed by atoms with E-state index in [9.17, 15) is 0 Å². The van der Waals surface area contributed by atoms with Gasteiger partial charge in [-0.2, -0.15) is 0 Å². The molecule has 20 heavy (non-hydrogen) atoms. The van der Waals surface area contributed by atoms with Gasteiger partial charge in [0.25, 0.3) is 0 Å². The number of anilines is 2. The fraction of sp³-hybridized carbons (Fsp3) is 0.600. The summed E-state index contributed by atoms with van der Waals surface area (Å²) in [6.07, 6.45) is 1.15. The van der Waals surface area contributed by atoms with Crippen molar-refractivity contribution in [2.24, 2.45) is 0 Å². The van der Waals surface area contributed by atoms with Crippen molar-refractivity contribution >= 4 is 11.4 Å². The number of rotatable bonds is 1. The predicted octanol–water partition coefficient (Wildman–Crippen LogP) is 1.57. The zero-order valence-electron chi connectivity index (χ0n) is 12.3. The lowest BCUT2D eigenvalue weighted by atomic mass is 10.1. The first-order chi connectivity index (χ1) is 9.65. The Balaban J connectivity index is 1.92. The number of likely N-dealkylation sites (N-methyl/N-ethyl adjacent to an activating group) is 1. The highest BCUT2D eigenvalue weighted by molar-refractivity contribution is 5.73. The van der Waals surface area contributed by atoms with Gasteiger partial charge in [-0.25, -0.2) is 0 Å². The highest BCUT2D eigenvalue weighted by Gasteiger charge is 2.24. The van der Waals surface area contributed by atoms with E-state index in [0.717, 1.165) is 48.9 Å². The van der Waals surface area contributed by atoms with Crippen molar-refractivity contribution < 1.29 is 9.47 Å². The molecule has 2 heterocycles. The molecule has 2 aliphatic heterocycles. The number of ether oxygens (including phenoxy) is 2. The van der Waals surface area contributed by atoms with E-state index in [2.05, 4.69) is 23.8 Å². The van der Waals surface area contributed by atoms with Crippen LogP contribution in [0.5, 0.6) is 11.5 Å². The van der Waals surface area contributed by atoms with Crippen LogP contribution in [0.3, 0.4) is 0 Å². The molecule has 0 radical (unpaired) electrons. The normalized spacial score (nSPS) is 23.5. The molecular formula is C15H23N3O2. The van der Waals surface area contributed by atoms with Crippen molar-refractivity contribution in [2.45, 2.75) is 19.4 Å². The lowest BCUT2D eigenvalue weighted by molar-refractivity contribution is 0.172. The Hall–Kier alpha value is -1.62. The molecule has 0 aromatic heterocycles. The zero-order valence-corrected chi connectivity index (χ0v) is 12.3. The van der Waals surface area contributed by atoms with Gasteiger partial charge in [0.1, 0.15) is 13.2 Å². The van der Waals surface area contributed by atoms with Crippen LogP contribution in [-0.4, -0.2) is 50.8 Å². The monoisotopic (exact) mass is 277 g/mol. The van der Waals surface area contributed by atoms with Crippen LogP contribution in [0.1, 0.15) is 13.3 Å². The topological polar surface area (TPSA) is 51.0 Å². The SMILES string of the molecule is CC1CN(C)CCCN1c1cc2c(cc1N)OCCO2. The van der Waals surface area contributed by atoms with Crippen molar-refractivity contribution in [3.05, 3.63) is 12.1 Å². The molecule has 1 unspecified atom stereocenters. The lowest BCUT2D eigenvalue weighted by Gasteiger charge is -2.32. The van der Waals surface area contributed by atoms with Gasteiger partial charge in [-0.05, 0) is 26.9 Å². The molecule has 5 nitrogen and oxygen atoms in total. The molecule has 3 rings (SSSR count). The Morgan fingerprint density at radius 2 is 1.85 bits per heavy atom. The molecule has 5 heteroatoms. The molecular weight excluding hydrogens is 254 g/mol. The summed E-state index contributed by atoms with van der Waals surface area (Å²) in [6, 6.07) is 4.36. The Bertz CT molecular complexity index is 492. The summed E-state index contributed by atoms with van der Waals surface area (Å²) in [5.74, 6) is 1.57. The summed E-state index contributed by atoms with van der Waals surface area (Å²) in [5.41, 5.74) is 8.07. The van der Waals surface area contributed by atoms with Crippen LogP contribution >= 0.6 is 0 Å².